The highest BCUT2D eigenvalue weighted by molar-refractivity contribution is 5.59. The molecule has 3 atom stereocenters. The number of nitrogens with zero attached hydrogens (tertiary/aromatic N) is 1. The van der Waals surface area contributed by atoms with Crippen LogP contribution in [0.4, 0.5) is 13.2 Å². The van der Waals surface area contributed by atoms with Crippen molar-refractivity contribution in [3.63, 3.8) is 0 Å². The maximum absolute atomic E-state index is 13.4. The number of rotatable bonds is 0. The number of aliphatic hydroxyl groups is 1. The second kappa shape index (κ2) is 5.86. The van der Waals surface area contributed by atoms with Crippen molar-refractivity contribution in [2.75, 3.05) is 0 Å². The molecule has 6 heteroatoms. The molecule has 3 nitrogen and oxygen atoms in total. The van der Waals surface area contributed by atoms with Crippen molar-refractivity contribution >= 4 is 0 Å². The third kappa shape index (κ3) is 2.69. The van der Waals surface area contributed by atoms with Gasteiger partial charge in [-0.3, -0.25) is 4.98 Å². The Bertz CT molecular complexity index is 1070. The highest BCUT2D eigenvalue weighted by Gasteiger charge is 2.50. The molecule has 30 heavy (non-hydrogen) atoms. The van der Waals surface area contributed by atoms with Gasteiger partial charge in [0.15, 0.2) is 0 Å². The van der Waals surface area contributed by atoms with Crippen LogP contribution in [0.15, 0.2) is 18.2 Å². The van der Waals surface area contributed by atoms with E-state index in [2.05, 4.69) is 13.8 Å². The summed E-state index contributed by atoms with van der Waals surface area (Å²) < 4.78 is 46.6. The number of hydrogen-bond acceptors (Lipinski definition) is 3. The van der Waals surface area contributed by atoms with Crippen LogP contribution in [0, 0.1) is 5.41 Å². The number of hydrogen-bond donors (Lipinski definition) is 1. The van der Waals surface area contributed by atoms with E-state index in [4.69, 9.17) is 9.72 Å². The van der Waals surface area contributed by atoms with Gasteiger partial charge in [-0.25, -0.2) is 0 Å². The van der Waals surface area contributed by atoms with E-state index in [1.165, 1.54) is 6.07 Å². The number of ether oxygens (including phenoxy) is 1. The third-order valence-corrected chi connectivity index (χ3v) is 6.96. The highest BCUT2D eigenvalue weighted by Crippen LogP contribution is 2.58. The molecular weight excluding hydrogens is 391 g/mol. The van der Waals surface area contributed by atoms with Gasteiger partial charge in [-0.05, 0) is 60.9 Å². The van der Waals surface area contributed by atoms with Crippen LogP contribution < -0.4 is 0 Å². The Kier molecular flexibility index (Phi) is 3.91. The molecule has 1 aromatic heterocycles. The van der Waals surface area contributed by atoms with Crippen molar-refractivity contribution in [2.24, 2.45) is 5.41 Å². The van der Waals surface area contributed by atoms with Crippen LogP contribution in [0.3, 0.4) is 0 Å². The van der Waals surface area contributed by atoms with Gasteiger partial charge in [0.05, 0.1) is 23.0 Å². The van der Waals surface area contributed by atoms with Crippen LogP contribution in [0.25, 0.3) is 0 Å². The van der Waals surface area contributed by atoms with Gasteiger partial charge in [-0.2, -0.15) is 13.2 Å². The summed E-state index contributed by atoms with van der Waals surface area (Å²) in [6.45, 7) is 10.1. The minimum atomic E-state index is -4.40. The number of fused-ring (bicyclic) bond motifs is 4. The summed E-state index contributed by atoms with van der Waals surface area (Å²) in [6, 6.07) is 3.93. The molecule has 0 amide bonds. The predicted octanol–water partition coefficient (Wildman–Crippen LogP) is 5.93. The summed E-state index contributed by atoms with van der Waals surface area (Å²) >= 11 is 0. The highest BCUT2D eigenvalue weighted by atomic mass is 19.4. The van der Waals surface area contributed by atoms with Crippen LogP contribution >= 0.6 is 0 Å². The first-order chi connectivity index (χ1) is 13.8. The molecule has 0 radical (unpaired) electrons. The zero-order valence-electron chi connectivity index (χ0n) is 17.8. The lowest BCUT2D eigenvalue weighted by molar-refractivity contribution is -0.137. The Morgan fingerprint density at radius 1 is 1.10 bits per heavy atom. The van der Waals surface area contributed by atoms with Gasteiger partial charge in [0.2, 0.25) is 0 Å². The Morgan fingerprint density at radius 3 is 2.47 bits per heavy atom. The number of aliphatic hydroxyl groups excluding tert-OH is 1. The molecule has 1 N–H and O–H groups in total. The number of pyridine rings is 1. The van der Waals surface area contributed by atoms with Gasteiger partial charge in [-0.15, -0.1) is 0 Å². The maximum atomic E-state index is 13.4. The van der Waals surface area contributed by atoms with Gasteiger partial charge >= 0.3 is 6.18 Å². The lowest BCUT2D eigenvalue weighted by Gasteiger charge is -2.38. The molecule has 0 spiro atoms. The fourth-order valence-electron chi connectivity index (χ4n) is 5.72. The van der Waals surface area contributed by atoms with Gasteiger partial charge < -0.3 is 9.84 Å². The fraction of sp³-hybridized carbons (Fsp3) is 0.542. The third-order valence-electron chi connectivity index (χ3n) is 6.96. The molecule has 2 heterocycles. The van der Waals surface area contributed by atoms with Crippen molar-refractivity contribution in [3.8, 4) is 0 Å². The zero-order valence-corrected chi connectivity index (χ0v) is 17.8. The fourth-order valence-corrected chi connectivity index (χ4v) is 5.72. The standard InChI is InChI=1S/C24H26F3NO2/c1-11-14-8-12(24(25,26)27)6-7-13(14)21-18-19(23(4,5)30-21)17-15(28-20(11)18)9-22(2,3)10-16(17)29/h6-8,11,16,21,29H,9-10H2,1-5H3. The van der Waals surface area contributed by atoms with E-state index < -0.39 is 29.5 Å². The van der Waals surface area contributed by atoms with Gasteiger partial charge in [-0.1, -0.05) is 26.8 Å². The van der Waals surface area contributed by atoms with Crippen molar-refractivity contribution in [1.29, 1.82) is 0 Å². The average molecular weight is 417 g/mol. The summed E-state index contributed by atoms with van der Waals surface area (Å²) in [5, 5.41) is 11.0. The van der Waals surface area contributed by atoms with Crippen LogP contribution in [-0.2, 0) is 22.9 Å². The molecule has 3 unspecified atom stereocenters. The quantitative estimate of drug-likeness (QED) is 0.578. The molecule has 2 aromatic rings. The van der Waals surface area contributed by atoms with E-state index in [-0.39, 0.29) is 11.3 Å². The Balaban J connectivity index is 1.78. The van der Waals surface area contributed by atoms with Crippen LogP contribution in [0.5, 0.6) is 0 Å². The summed E-state index contributed by atoms with van der Waals surface area (Å²) in [6.07, 6.45) is -4.11. The molecule has 160 valence electrons. The lowest BCUT2D eigenvalue weighted by atomic mass is 9.69. The second-order valence-electron chi connectivity index (χ2n) is 10.3. The smallest absolute Gasteiger partial charge is 0.388 e. The molecular formula is C24H26F3NO2. The van der Waals surface area contributed by atoms with Crippen LogP contribution in [0.1, 0.15) is 104 Å². The molecule has 0 saturated heterocycles. The topological polar surface area (TPSA) is 42.4 Å². The first kappa shape index (κ1) is 20.0. The first-order valence-electron chi connectivity index (χ1n) is 10.4. The molecule has 5 rings (SSSR count). The number of benzene rings is 1. The molecule has 1 aliphatic heterocycles. The van der Waals surface area contributed by atoms with Crippen LogP contribution in [0.2, 0.25) is 0 Å². The van der Waals surface area contributed by atoms with E-state index in [0.29, 0.717) is 12.0 Å². The van der Waals surface area contributed by atoms with Crippen molar-refractivity contribution < 1.29 is 23.0 Å². The normalized spacial score (nSPS) is 28.0. The Morgan fingerprint density at radius 2 is 1.80 bits per heavy atom. The minimum absolute atomic E-state index is 0.0946. The summed E-state index contributed by atoms with van der Waals surface area (Å²) in [5.41, 5.74) is 4.41. The SMILES string of the molecule is CC1c2cc(C(F)(F)F)ccc2C2OC(C)(C)c3c4c(nc1c32)CC(C)(C)CC4O. The van der Waals surface area contributed by atoms with Gasteiger partial charge in [0.1, 0.15) is 6.10 Å². The summed E-state index contributed by atoms with van der Waals surface area (Å²) in [7, 11) is 0. The van der Waals surface area contributed by atoms with E-state index in [0.717, 1.165) is 46.1 Å². The van der Waals surface area contributed by atoms with E-state index in [1.54, 1.807) is 6.07 Å². The van der Waals surface area contributed by atoms with Crippen molar-refractivity contribution in [1.82, 2.24) is 4.98 Å². The predicted molar refractivity (Wildman–Crippen MR) is 106 cm³/mol. The van der Waals surface area contributed by atoms with Crippen molar-refractivity contribution in [2.45, 2.75) is 77.4 Å². The number of aromatic nitrogens is 1. The van der Waals surface area contributed by atoms with Crippen molar-refractivity contribution in [3.05, 3.63) is 63.0 Å². The van der Waals surface area contributed by atoms with Gasteiger partial charge in [0, 0.05) is 22.7 Å². The Hall–Kier alpha value is -1.92. The van der Waals surface area contributed by atoms with Gasteiger partial charge in [0.25, 0.3) is 0 Å². The van der Waals surface area contributed by atoms with E-state index in [9.17, 15) is 18.3 Å². The first-order valence-corrected chi connectivity index (χ1v) is 10.4. The number of halogens is 3. The summed E-state index contributed by atoms with van der Waals surface area (Å²) in [4.78, 5) is 4.97. The minimum Gasteiger partial charge on any atom is -0.388 e. The zero-order chi connectivity index (χ0) is 21.8. The summed E-state index contributed by atoms with van der Waals surface area (Å²) in [5.74, 6) is -0.280. The maximum Gasteiger partial charge on any atom is 0.416 e. The molecule has 3 aliphatic rings. The van der Waals surface area contributed by atoms with Crippen LogP contribution in [-0.4, -0.2) is 10.1 Å². The molecule has 0 saturated carbocycles. The lowest BCUT2D eigenvalue weighted by Crippen LogP contribution is -2.31. The van der Waals surface area contributed by atoms with E-state index in [1.807, 2.05) is 20.8 Å². The monoisotopic (exact) mass is 417 g/mol. The average Bonchev–Trinajstić information content (AvgIpc) is 2.89. The van der Waals surface area contributed by atoms with E-state index >= 15 is 0 Å². The molecule has 1 aromatic carbocycles. The molecule has 0 bridgehead atoms. The Labute approximate surface area is 174 Å². The molecule has 0 fully saturated rings. The largest absolute Gasteiger partial charge is 0.416 e. The number of alkyl halides is 3. The second-order valence-corrected chi connectivity index (χ2v) is 10.3. The molecule has 2 aliphatic carbocycles.